The molecule has 0 fully saturated rings. The van der Waals surface area contributed by atoms with Crippen LogP contribution in [0, 0.1) is 0 Å². The van der Waals surface area contributed by atoms with E-state index in [-0.39, 0.29) is 0 Å². The lowest BCUT2D eigenvalue weighted by Gasteiger charge is -2.25. The maximum absolute atomic E-state index is 6.32. The number of aromatic nitrogens is 1. The highest BCUT2D eigenvalue weighted by atomic mass is 16.4. The van der Waals surface area contributed by atoms with Crippen molar-refractivity contribution >= 4 is 50.1 Å². The van der Waals surface area contributed by atoms with E-state index in [0.29, 0.717) is 11.5 Å². The number of para-hydroxylation sites is 1. The Morgan fingerprint density at radius 1 is 0.362 bits per heavy atom. The summed E-state index contributed by atoms with van der Waals surface area (Å²) in [4.78, 5) is 7.09. The second kappa shape index (κ2) is 11.2. The normalized spacial score (nSPS) is 11.4. The molecule has 4 heteroatoms. The molecule has 4 nitrogen and oxygen atoms in total. The number of rotatable bonds is 6. The van der Waals surface area contributed by atoms with E-state index in [1.165, 1.54) is 22.3 Å². The SMILES string of the molecule is c1ccc(-c2cccc(-c3ccc(N(c4ccccc4)c4ccc5oc6cc7oc(-c8ccccc8)nc7cc6c5c4)cc3)c2)cc1. The molecule has 0 amide bonds. The summed E-state index contributed by atoms with van der Waals surface area (Å²) in [7, 11) is 0. The minimum Gasteiger partial charge on any atom is -0.456 e. The standard InChI is InChI=1S/C43H28N2O2/c1-4-11-29(12-5-1)32-15-10-16-33(25-32)30-19-21-35(22-20-30)45(34-17-8-3-9-18-34)36-23-24-40-37(26-36)38-27-39-42(28-41(38)46-40)47-43(44-39)31-13-6-2-7-14-31/h1-28H. The van der Waals surface area contributed by atoms with Crippen molar-refractivity contribution in [1.29, 1.82) is 0 Å². The fraction of sp³-hybridized carbons (Fsp3) is 0. The predicted molar refractivity (Wildman–Crippen MR) is 192 cm³/mol. The summed E-state index contributed by atoms with van der Waals surface area (Å²) < 4.78 is 12.4. The molecule has 9 aromatic rings. The molecule has 0 radical (unpaired) electrons. The summed E-state index contributed by atoms with van der Waals surface area (Å²) in [5.41, 5.74) is 12.0. The van der Waals surface area contributed by atoms with Gasteiger partial charge in [0.15, 0.2) is 5.58 Å². The fourth-order valence-corrected chi connectivity index (χ4v) is 6.37. The zero-order chi connectivity index (χ0) is 31.2. The molecular weight excluding hydrogens is 576 g/mol. The Bertz CT molecular complexity index is 2500. The zero-order valence-corrected chi connectivity index (χ0v) is 25.4. The quantitative estimate of drug-likeness (QED) is 0.189. The zero-order valence-electron chi connectivity index (χ0n) is 25.4. The fourth-order valence-electron chi connectivity index (χ4n) is 6.37. The van der Waals surface area contributed by atoms with Crippen LogP contribution in [0.5, 0.6) is 0 Å². The van der Waals surface area contributed by atoms with Crippen LogP contribution in [0.3, 0.4) is 0 Å². The Balaban J connectivity index is 1.12. The van der Waals surface area contributed by atoms with Gasteiger partial charge in [-0.2, -0.15) is 0 Å². The lowest BCUT2D eigenvalue weighted by molar-refractivity contribution is 0.617. The molecule has 222 valence electrons. The Morgan fingerprint density at radius 2 is 0.936 bits per heavy atom. The second-order valence-electron chi connectivity index (χ2n) is 11.6. The van der Waals surface area contributed by atoms with Crippen molar-refractivity contribution in [3.05, 3.63) is 170 Å². The molecule has 0 aliphatic carbocycles. The third kappa shape index (κ3) is 4.93. The van der Waals surface area contributed by atoms with E-state index >= 15 is 0 Å². The van der Waals surface area contributed by atoms with Crippen LogP contribution >= 0.6 is 0 Å². The van der Waals surface area contributed by atoms with E-state index in [1.54, 1.807) is 0 Å². The molecule has 0 aliphatic rings. The topological polar surface area (TPSA) is 42.4 Å². The van der Waals surface area contributed by atoms with Gasteiger partial charge in [0.1, 0.15) is 16.7 Å². The lowest BCUT2D eigenvalue weighted by Crippen LogP contribution is -2.09. The lowest BCUT2D eigenvalue weighted by atomic mass is 9.99. The van der Waals surface area contributed by atoms with Crippen molar-refractivity contribution in [3.63, 3.8) is 0 Å². The van der Waals surface area contributed by atoms with Gasteiger partial charge in [0.05, 0.1) is 0 Å². The van der Waals surface area contributed by atoms with Crippen molar-refractivity contribution in [2.45, 2.75) is 0 Å². The van der Waals surface area contributed by atoms with Gasteiger partial charge in [-0.1, -0.05) is 97.1 Å². The van der Waals surface area contributed by atoms with Gasteiger partial charge in [0.2, 0.25) is 5.89 Å². The van der Waals surface area contributed by atoms with Crippen LogP contribution in [-0.2, 0) is 0 Å². The third-order valence-electron chi connectivity index (χ3n) is 8.68. The number of oxazole rings is 1. The molecule has 7 aromatic carbocycles. The first-order valence-corrected chi connectivity index (χ1v) is 15.7. The van der Waals surface area contributed by atoms with Gasteiger partial charge >= 0.3 is 0 Å². The van der Waals surface area contributed by atoms with Crippen molar-refractivity contribution in [2.24, 2.45) is 0 Å². The van der Waals surface area contributed by atoms with Crippen LogP contribution in [-0.4, -0.2) is 4.98 Å². The molecule has 0 unspecified atom stereocenters. The number of benzene rings is 7. The summed E-state index contributed by atoms with van der Waals surface area (Å²) in [5.74, 6) is 0.601. The summed E-state index contributed by atoms with van der Waals surface area (Å²) >= 11 is 0. The van der Waals surface area contributed by atoms with Crippen LogP contribution in [0.2, 0.25) is 0 Å². The number of fused-ring (bicyclic) bond motifs is 4. The largest absolute Gasteiger partial charge is 0.456 e. The minimum absolute atomic E-state index is 0.601. The van der Waals surface area contributed by atoms with Crippen molar-refractivity contribution in [1.82, 2.24) is 4.98 Å². The van der Waals surface area contributed by atoms with Gasteiger partial charge in [-0.25, -0.2) is 4.98 Å². The molecule has 2 aromatic heterocycles. The molecule has 0 saturated heterocycles. The van der Waals surface area contributed by atoms with Gasteiger partial charge in [-0.3, -0.25) is 0 Å². The summed E-state index contributed by atoms with van der Waals surface area (Å²) in [5, 5.41) is 2.03. The summed E-state index contributed by atoms with van der Waals surface area (Å²) in [6, 6.07) is 58.8. The van der Waals surface area contributed by atoms with E-state index in [2.05, 4.69) is 126 Å². The number of nitrogens with zero attached hydrogens (tertiary/aromatic N) is 2. The smallest absolute Gasteiger partial charge is 0.227 e. The molecule has 9 rings (SSSR count). The van der Waals surface area contributed by atoms with Crippen molar-refractivity contribution in [2.75, 3.05) is 4.90 Å². The molecular formula is C43H28N2O2. The Labute approximate surface area is 271 Å². The summed E-state index contributed by atoms with van der Waals surface area (Å²) in [6.45, 7) is 0. The van der Waals surface area contributed by atoms with Crippen LogP contribution in [0.4, 0.5) is 17.1 Å². The molecule has 47 heavy (non-hydrogen) atoms. The average Bonchev–Trinajstić information content (AvgIpc) is 3.73. The Kier molecular flexibility index (Phi) is 6.43. The minimum atomic E-state index is 0.601. The molecule has 0 atom stereocenters. The van der Waals surface area contributed by atoms with Gasteiger partial charge < -0.3 is 13.7 Å². The molecule has 0 bridgehead atoms. The Morgan fingerprint density at radius 3 is 1.66 bits per heavy atom. The van der Waals surface area contributed by atoms with Gasteiger partial charge in [-0.15, -0.1) is 0 Å². The highest BCUT2D eigenvalue weighted by molar-refractivity contribution is 6.10. The number of hydrogen-bond acceptors (Lipinski definition) is 4. The van der Waals surface area contributed by atoms with Gasteiger partial charge in [0, 0.05) is 39.5 Å². The van der Waals surface area contributed by atoms with E-state index in [0.717, 1.165) is 50.1 Å². The molecule has 2 heterocycles. The molecule has 0 saturated carbocycles. The average molecular weight is 605 g/mol. The highest BCUT2D eigenvalue weighted by Gasteiger charge is 2.18. The maximum Gasteiger partial charge on any atom is 0.227 e. The van der Waals surface area contributed by atoms with Gasteiger partial charge in [-0.05, 0) is 89.0 Å². The van der Waals surface area contributed by atoms with Crippen LogP contribution in [0.1, 0.15) is 0 Å². The van der Waals surface area contributed by atoms with Crippen LogP contribution < -0.4 is 4.90 Å². The highest BCUT2D eigenvalue weighted by Crippen LogP contribution is 2.40. The van der Waals surface area contributed by atoms with E-state index in [1.807, 2.05) is 48.5 Å². The van der Waals surface area contributed by atoms with E-state index < -0.39 is 0 Å². The first-order valence-electron chi connectivity index (χ1n) is 15.7. The number of anilines is 3. The third-order valence-corrected chi connectivity index (χ3v) is 8.68. The second-order valence-corrected chi connectivity index (χ2v) is 11.6. The predicted octanol–water partition coefficient (Wildman–Crippen LogP) is 12.2. The van der Waals surface area contributed by atoms with E-state index in [4.69, 9.17) is 13.8 Å². The van der Waals surface area contributed by atoms with Crippen LogP contribution in [0.15, 0.2) is 179 Å². The number of hydrogen-bond donors (Lipinski definition) is 0. The van der Waals surface area contributed by atoms with Crippen molar-refractivity contribution < 1.29 is 8.83 Å². The Hall–Kier alpha value is -6.39. The maximum atomic E-state index is 6.32. The number of furan rings is 1. The molecule has 0 spiro atoms. The summed E-state index contributed by atoms with van der Waals surface area (Å²) in [6.07, 6.45) is 0. The molecule has 0 aliphatic heterocycles. The molecule has 0 N–H and O–H groups in total. The monoisotopic (exact) mass is 604 g/mol. The van der Waals surface area contributed by atoms with Crippen molar-refractivity contribution in [3.8, 4) is 33.7 Å². The first-order chi connectivity index (χ1) is 23.3. The van der Waals surface area contributed by atoms with E-state index in [9.17, 15) is 0 Å². The first kappa shape index (κ1) is 27.0. The van der Waals surface area contributed by atoms with Gasteiger partial charge in [0.25, 0.3) is 0 Å². The van der Waals surface area contributed by atoms with Crippen LogP contribution in [0.25, 0.3) is 66.7 Å².